The molecular weight excluding hydrogens is 252 g/mol. The average molecular weight is 278 g/mol. The molecule has 112 valence electrons. The molecule has 20 heavy (non-hydrogen) atoms. The molecule has 0 bridgehead atoms. The summed E-state index contributed by atoms with van der Waals surface area (Å²) in [5, 5.41) is 12.2. The van der Waals surface area contributed by atoms with E-state index in [1.165, 1.54) is 0 Å². The molecule has 0 heterocycles. The average Bonchev–Trinajstić information content (AvgIpc) is 2.47. The Morgan fingerprint density at radius 1 is 1.30 bits per heavy atom. The van der Waals surface area contributed by atoms with E-state index in [9.17, 15) is 9.90 Å². The second-order valence-corrected chi connectivity index (χ2v) is 5.31. The van der Waals surface area contributed by atoms with Crippen LogP contribution >= 0.6 is 0 Å². The summed E-state index contributed by atoms with van der Waals surface area (Å²) in [7, 11) is 1.70. The van der Waals surface area contributed by atoms with Crippen LogP contribution in [0.3, 0.4) is 0 Å². The van der Waals surface area contributed by atoms with Crippen LogP contribution in [0.4, 0.5) is 5.69 Å². The summed E-state index contributed by atoms with van der Waals surface area (Å²) >= 11 is 0. The maximum atomic E-state index is 11.3. The van der Waals surface area contributed by atoms with Gasteiger partial charge in [-0.2, -0.15) is 0 Å². The smallest absolute Gasteiger partial charge is 0.323 e. The Morgan fingerprint density at radius 2 is 1.95 bits per heavy atom. The Bertz CT molecular complexity index is 408. The lowest BCUT2D eigenvalue weighted by atomic mass is 9.98. The molecule has 0 fully saturated rings. The van der Waals surface area contributed by atoms with Gasteiger partial charge in [-0.15, -0.1) is 0 Å². The monoisotopic (exact) mass is 278 g/mol. The standard InChI is InChI=1S/C16H26N2O2/c1-4-5-12-18(14-9-7-6-8-10-14)13-11-16(2,17-3)15(19)20/h6-10,17H,4-5,11-13H2,1-3H3,(H,19,20). The zero-order valence-corrected chi connectivity index (χ0v) is 12.7. The lowest BCUT2D eigenvalue weighted by Gasteiger charge is -2.30. The summed E-state index contributed by atoms with van der Waals surface area (Å²) in [4.78, 5) is 13.6. The molecule has 0 saturated heterocycles. The van der Waals surface area contributed by atoms with Crippen molar-refractivity contribution in [2.75, 3.05) is 25.0 Å². The van der Waals surface area contributed by atoms with E-state index in [4.69, 9.17) is 0 Å². The summed E-state index contributed by atoms with van der Waals surface area (Å²) in [5.41, 5.74) is 0.281. The van der Waals surface area contributed by atoms with Crippen LogP contribution < -0.4 is 10.2 Å². The highest BCUT2D eigenvalue weighted by molar-refractivity contribution is 5.78. The molecule has 0 aliphatic heterocycles. The number of hydrogen-bond acceptors (Lipinski definition) is 3. The summed E-state index contributed by atoms with van der Waals surface area (Å²) in [6, 6.07) is 10.2. The number of rotatable bonds is 9. The first kappa shape index (κ1) is 16.5. The van der Waals surface area contributed by atoms with Crippen molar-refractivity contribution < 1.29 is 9.90 Å². The molecule has 0 saturated carbocycles. The van der Waals surface area contributed by atoms with Gasteiger partial charge in [-0.25, -0.2) is 0 Å². The van der Waals surface area contributed by atoms with E-state index in [0.29, 0.717) is 6.42 Å². The minimum atomic E-state index is -0.876. The molecule has 1 atom stereocenters. The number of para-hydroxylation sites is 1. The quantitative estimate of drug-likeness (QED) is 0.729. The number of benzene rings is 1. The van der Waals surface area contributed by atoms with Gasteiger partial charge in [0.25, 0.3) is 0 Å². The van der Waals surface area contributed by atoms with Gasteiger partial charge in [-0.3, -0.25) is 4.79 Å². The molecule has 0 radical (unpaired) electrons. The van der Waals surface area contributed by atoms with Gasteiger partial charge < -0.3 is 15.3 Å². The van der Waals surface area contributed by atoms with Gasteiger partial charge in [0.15, 0.2) is 0 Å². The van der Waals surface area contributed by atoms with E-state index >= 15 is 0 Å². The van der Waals surface area contributed by atoms with Crippen LogP contribution in [0.1, 0.15) is 33.1 Å². The number of unbranched alkanes of at least 4 members (excludes halogenated alkanes) is 1. The molecule has 4 heteroatoms. The first-order valence-electron chi connectivity index (χ1n) is 7.26. The second-order valence-electron chi connectivity index (χ2n) is 5.31. The molecule has 4 nitrogen and oxygen atoms in total. The van der Waals surface area contributed by atoms with Gasteiger partial charge in [-0.1, -0.05) is 31.5 Å². The van der Waals surface area contributed by atoms with E-state index in [0.717, 1.165) is 31.6 Å². The number of carbonyl (C=O) groups is 1. The van der Waals surface area contributed by atoms with Gasteiger partial charge in [0.2, 0.25) is 0 Å². The predicted octanol–water partition coefficient (Wildman–Crippen LogP) is 2.75. The molecule has 2 N–H and O–H groups in total. The number of anilines is 1. The zero-order chi connectivity index (χ0) is 15.0. The van der Waals surface area contributed by atoms with Crippen molar-refractivity contribution in [2.45, 2.75) is 38.6 Å². The minimum absolute atomic E-state index is 0.567. The van der Waals surface area contributed by atoms with E-state index in [1.807, 2.05) is 18.2 Å². The van der Waals surface area contributed by atoms with Crippen molar-refractivity contribution in [3.8, 4) is 0 Å². The van der Waals surface area contributed by atoms with Gasteiger partial charge in [-0.05, 0) is 38.9 Å². The van der Waals surface area contributed by atoms with E-state index in [-0.39, 0.29) is 0 Å². The molecule has 0 amide bonds. The molecule has 0 aromatic heterocycles. The van der Waals surface area contributed by atoms with Gasteiger partial charge in [0, 0.05) is 18.8 Å². The fraction of sp³-hybridized carbons (Fsp3) is 0.562. The van der Waals surface area contributed by atoms with Crippen LogP contribution in [-0.2, 0) is 4.79 Å². The first-order chi connectivity index (χ1) is 9.53. The normalized spacial score (nSPS) is 13.8. The molecule has 1 aromatic carbocycles. The predicted molar refractivity (Wildman–Crippen MR) is 83.3 cm³/mol. The highest BCUT2D eigenvalue weighted by atomic mass is 16.4. The molecule has 0 aliphatic rings. The number of nitrogens with zero attached hydrogens (tertiary/aromatic N) is 1. The Labute approximate surface area is 121 Å². The fourth-order valence-corrected chi connectivity index (χ4v) is 2.06. The van der Waals surface area contributed by atoms with E-state index in [1.54, 1.807) is 14.0 Å². The van der Waals surface area contributed by atoms with Crippen molar-refractivity contribution in [1.29, 1.82) is 0 Å². The highest BCUT2D eigenvalue weighted by Crippen LogP contribution is 2.18. The number of likely N-dealkylation sites (N-methyl/N-ethyl adjacent to an activating group) is 1. The third-order valence-corrected chi connectivity index (χ3v) is 3.81. The maximum absolute atomic E-state index is 11.3. The second kappa shape index (κ2) is 7.90. The molecule has 0 aliphatic carbocycles. The van der Waals surface area contributed by atoms with Gasteiger partial charge >= 0.3 is 5.97 Å². The van der Waals surface area contributed by atoms with Crippen LogP contribution in [0.25, 0.3) is 0 Å². The van der Waals surface area contributed by atoms with Crippen molar-refractivity contribution in [1.82, 2.24) is 5.32 Å². The Hall–Kier alpha value is -1.55. The summed E-state index contributed by atoms with van der Waals surface area (Å²) in [5.74, 6) is -0.802. The lowest BCUT2D eigenvalue weighted by molar-refractivity contribution is -0.144. The molecule has 1 aromatic rings. The number of nitrogens with one attached hydrogen (secondary N) is 1. The first-order valence-corrected chi connectivity index (χ1v) is 7.26. The third-order valence-electron chi connectivity index (χ3n) is 3.81. The van der Waals surface area contributed by atoms with Gasteiger partial charge in [0.1, 0.15) is 5.54 Å². The zero-order valence-electron chi connectivity index (χ0n) is 12.7. The van der Waals surface area contributed by atoms with Crippen LogP contribution in [-0.4, -0.2) is 36.8 Å². The van der Waals surface area contributed by atoms with E-state index in [2.05, 4.69) is 29.3 Å². The minimum Gasteiger partial charge on any atom is -0.480 e. The van der Waals surface area contributed by atoms with Crippen LogP contribution in [0, 0.1) is 0 Å². The Morgan fingerprint density at radius 3 is 2.45 bits per heavy atom. The van der Waals surface area contributed by atoms with Crippen molar-refractivity contribution in [3.63, 3.8) is 0 Å². The summed E-state index contributed by atoms with van der Waals surface area (Å²) in [6.07, 6.45) is 2.81. The number of carboxylic acids is 1. The highest BCUT2D eigenvalue weighted by Gasteiger charge is 2.31. The van der Waals surface area contributed by atoms with Crippen LogP contribution in [0.2, 0.25) is 0 Å². The fourth-order valence-electron chi connectivity index (χ4n) is 2.06. The van der Waals surface area contributed by atoms with Crippen molar-refractivity contribution >= 4 is 11.7 Å². The number of carboxylic acid groups (broad SMARTS) is 1. The van der Waals surface area contributed by atoms with Crippen LogP contribution in [0.15, 0.2) is 30.3 Å². The third kappa shape index (κ3) is 4.53. The lowest BCUT2D eigenvalue weighted by Crippen LogP contribution is -2.49. The number of hydrogen-bond donors (Lipinski definition) is 2. The summed E-state index contributed by atoms with van der Waals surface area (Å²) < 4.78 is 0. The van der Waals surface area contributed by atoms with Crippen molar-refractivity contribution in [2.24, 2.45) is 0 Å². The Balaban J connectivity index is 2.73. The van der Waals surface area contributed by atoms with Crippen molar-refractivity contribution in [3.05, 3.63) is 30.3 Å². The molecular formula is C16H26N2O2. The molecule has 0 spiro atoms. The number of aliphatic carboxylic acids is 1. The molecule has 1 unspecified atom stereocenters. The maximum Gasteiger partial charge on any atom is 0.323 e. The SMILES string of the molecule is CCCCN(CCC(C)(NC)C(=O)O)c1ccccc1. The topological polar surface area (TPSA) is 52.6 Å². The van der Waals surface area contributed by atoms with E-state index < -0.39 is 11.5 Å². The molecule has 1 rings (SSSR count). The summed E-state index contributed by atoms with van der Waals surface area (Å²) in [6.45, 7) is 5.59. The van der Waals surface area contributed by atoms with Gasteiger partial charge in [0.05, 0.1) is 0 Å². The Kier molecular flexibility index (Phi) is 6.52. The van der Waals surface area contributed by atoms with Crippen LogP contribution in [0.5, 0.6) is 0 Å². The largest absolute Gasteiger partial charge is 0.480 e.